The number of carbonyl (C=O) groups is 2. The summed E-state index contributed by atoms with van der Waals surface area (Å²) in [6, 6.07) is 3.71. The van der Waals surface area contributed by atoms with Crippen LogP contribution in [0.3, 0.4) is 0 Å². The van der Waals surface area contributed by atoms with E-state index in [1.165, 1.54) is 6.33 Å². The van der Waals surface area contributed by atoms with Gasteiger partial charge in [-0.2, -0.15) is 5.10 Å². The van der Waals surface area contributed by atoms with Gasteiger partial charge in [-0.3, -0.25) is 9.59 Å². The van der Waals surface area contributed by atoms with Crippen LogP contribution in [-0.4, -0.2) is 39.7 Å². The van der Waals surface area contributed by atoms with E-state index in [1.54, 1.807) is 4.68 Å². The van der Waals surface area contributed by atoms with Gasteiger partial charge in [0, 0.05) is 31.7 Å². The number of rotatable bonds is 4. The number of anilines is 2. The van der Waals surface area contributed by atoms with Gasteiger partial charge < -0.3 is 16.0 Å². The van der Waals surface area contributed by atoms with Crippen molar-refractivity contribution in [2.75, 3.05) is 23.3 Å². The van der Waals surface area contributed by atoms with Gasteiger partial charge in [-0.15, -0.1) is 0 Å². The molecule has 136 valence electrons. The summed E-state index contributed by atoms with van der Waals surface area (Å²) in [5.74, 6) is -0.0328. The second-order valence-electron chi connectivity index (χ2n) is 6.75. The van der Waals surface area contributed by atoms with Crippen molar-refractivity contribution >= 4 is 23.2 Å². The van der Waals surface area contributed by atoms with Gasteiger partial charge in [-0.05, 0) is 37.5 Å². The molecule has 2 amide bonds. The van der Waals surface area contributed by atoms with Crippen LogP contribution in [0.25, 0.3) is 0 Å². The van der Waals surface area contributed by atoms with Crippen molar-refractivity contribution in [3.05, 3.63) is 35.4 Å². The Labute approximate surface area is 151 Å². The van der Waals surface area contributed by atoms with Gasteiger partial charge in [0.25, 0.3) is 5.91 Å². The molecule has 2 aliphatic rings. The molecule has 3 N–H and O–H groups in total. The lowest BCUT2D eigenvalue weighted by Gasteiger charge is -2.29. The fourth-order valence-corrected chi connectivity index (χ4v) is 3.93. The number of primary amides is 1. The minimum absolute atomic E-state index is 0.0626. The molecule has 3 heterocycles. The summed E-state index contributed by atoms with van der Waals surface area (Å²) in [6.07, 6.45) is 3.94. The summed E-state index contributed by atoms with van der Waals surface area (Å²) in [5.41, 5.74) is 8.56. The number of aromatic nitrogens is 3. The van der Waals surface area contributed by atoms with Crippen LogP contribution >= 0.6 is 0 Å². The summed E-state index contributed by atoms with van der Waals surface area (Å²) >= 11 is 0. The van der Waals surface area contributed by atoms with E-state index in [4.69, 9.17) is 5.73 Å². The number of carbonyl (C=O) groups excluding carboxylic acids is 2. The number of hydrogen-bond donors (Lipinski definition) is 2. The van der Waals surface area contributed by atoms with Crippen molar-refractivity contribution in [3.8, 4) is 0 Å². The molecule has 1 aromatic carbocycles. The molecule has 1 atom stereocenters. The maximum Gasteiger partial charge on any atom is 0.250 e. The first-order chi connectivity index (χ1) is 12.6. The summed E-state index contributed by atoms with van der Waals surface area (Å²) in [4.78, 5) is 30.9. The van der Waals surface area contributed by atoms with Gasteiger partial charge >= 0.3 is 0 Å². The molecule has 0 bridgehead atoms. The molecule has 1 saturated heterocycles. The Bertz CT molecular complexity index is 869. The van der Waals surface area contributed by atoms with Gasteiger partial charge in [0.1, 0.15) is 12.2 Å². The summed E-state index contributed by atoms with van der Waals surface area (Å²) in [5, 5.41) is 7.16. The zero-order valence-corrected chi connectivity index (χ0v) is 14.7. The average molecular weight is 354 g/mol. The number of benzene rings is 1. The average Bonchev–Trinajstić information content (AvgIpc) is 3.31. The number of nitrogens with zero attached hydrogens (tertiary/aromatic N) is 4. The third kappa shape index (κ3) is 2.71. The lowest BCUT2D eigenvalue weighted by molar-refractivity contribution is -0.116. The molecule has 2 aromatic rings. The van der Waals surface area contributed by atoms with Gasteiger partial charge in [-0.25, -0.2) is 9.67 Å². The number of amides is 2. The second kappa shape index (κ2) is 6.44. The first kappa shape index (κ1) is 16.6. The topological polar surface area (TPSA) is 106 Å². The number of nitrogens with two attached hydrogens (primary N) is 1. The number of fused-ring (bicyclic) bond motifs is 1. The van der Waals surface area contributed by atoms with Crippen molar-refractivity contribution in [1.82, 2.24) is 14.8 Å². The minimum Gasteiger partial charge on any atom is -0.371 e. The summed E-state index contributed by atoms with van der Waals surface area (Å²) in [6.45, 7) is 4.42. The first-order valence-corrected chi connectivity index (χ1v) is 8.98. The van der Waals surface area contributed by atoms with Crippen LogP contribution in [0.15, 0.2) is 18.5 Å². The van der Waals surface area contributed by atoms with Crippen LogP contribution in [0.2, 0.25) is 0 Å². The van der Waals surface area contributed by atoms with E-state index in [0.717, 1.165) is 48.7 Å². The van der Waals surface area contributed by atoms with Crippen LogP contribution < -0.4 is 16.0 Å². The van der Waals surface area contributed by atoms with E-state index < -0.39 is 5.91 Å². The highest BCUT2D eigenvalue weighted by Crippen LogP contribution is 2.40. The van der Waals surface area contributed by atoms with Crippen molar-refractivity contribution in [2.24, 2.45) is 5.73 Å². The van der Waals surface area contributed by atoms with Gasteiger partial charge in [0.15, 0.2) is 0 Å². The molecular weight excluding hydrogens is 332 g/mol. The normalized spacial score (nSPS) is 19.3. The molecule has 0 unspecified atom stereocenters. The summed E-state index contributed by atoms with van der Waals surface area (Å²) in [7, 11) is 0. The zero-order chi connectivity index (χ0) is 18.3. The Hall–Kier alpha value is -2.90. The maximum atomic E-state index is 12.3. The monoisotopic (exact) mass is 354 g/mol. The Morgan fingerprint density at radius 2 is 2.12 bits per heavy atom. The molecule has 1 fully saturated rings. The van der Waals surface area contributed by atoms with Gasteiger partial charge in [-0.1, -0.05) is 0 Å². The number of nitrogens with one attached hydrogen (secondary N) is 1. The van der Waals surface area contributed by atoms with Crippen LogP contribution in [-0.2, 0) is 11.3 Å². The highest BCUT2D eigenvalue weighted by Gasteiger charge is 2.32. The molecule has 8 heteroatoms. The minimum atomic E-state index is -0.456. The van der Waals surface area contributed by atoms with Gasteiger partial charge in [0.05, 0.1) is 17.2 Å². The second-order valence-corrected chi connectivity index (χ2v) is 6.75. The van der Waals surface area contributed by atoms with E-state index in [-0.39, 0.29) is 18.2 Å². The lowest BCUT2D eigenvalue weighted by Crippen LogP contribution is -2.28. The standard InChI is InChI=1S/C18H22N6O2/c1-2-24-18(20-10-21-24)12-8-16(25)22-14-9-15(23-5-3-4-6-23)13(17(19)26)7-11(12)14/h7,9-10,12H,2-6,8H2,1H3,(H2,19,26)(H,22,25)/t12-/m0/s1. The third-order valence-corrected chi connectivity index (χ3v) is 5.18. The van der Waals surface area contributed by atoms with E-state index in [2.05, 4.69) is 20.3 Å². The molecule has 2 aliphatic heterocycles. The zero-order valence-electron chi connectivity index (χ0n) is 14.7. The molecule has 4 rings (SSSR count). The molecule has 8 nitrogen and oxygen atoms in total. The SMILES string of the molecule is CCn1ncnc1[C@H]1CC(=O)Nc2cc(N3CCCC3)c(C(N)=O)cc21. The maximum absolute atomic E-state index is 12.3. The molecule has 26 heavy (non-hydrogen) atoms. The molecule has 0 spiro atoms. The van der Waals surface area contributed by atoms with Crippen molar-refractivity contribution < 1.29 is 9.59 Å². The van der Waals surface area contributed by atoms with Crippen molar-refractivity contribution in [2.45, 2.75) is 38.6 Å². The Morgan fingerprint density at radius 1 is 1.35 bits per heavy atom. The highest BCUT2D eigenvalue weighted by atomic mass is 16.2. The quantitative estimate of drug-likeness (QED) is 0.865. The Morgan fingerprint density at radius 3 is 2.81 bits per heavy atom. The fraction of sp³-hybridized carbons (Fsp3) is 0.444. The van der Waals surface area contributed by atoms with Crippen LogP contribution in [0, 0.1) is 0 Å². The fourth-order valence-electron chi connectivity index (χ4n) is 3.93. The Kier molecular flexibility index (Phi) is 4.10. The van der Waals surface area contributed by atoms with Crippen LogP contribution in [0.4, 0.5) is 11.4 Å². The predicted molar refractivity (Wildman–Crippen MR) is 97.2 cm³/mol. The molecule has 0 saturated carbocycles. The number of hydrogen-bond acceptors (Lipinski definition) is 5. The van der Waals surface area contributed by atoms with E-state index >= 15 is 0 Å². The lowest BCUT2D eigenvalue weighted by atomic mass is 9.87. The van der Waals surface area contributed by atoms with Crippen molar-refractivity contribution in [1.29, 1.82) is 0 Å². The predicted octanol–water partition coefficient (Wildman–Crippen LogP) is 1.47. The smallest absolute Gasteiger partial charge is 0.250 e. The molecule has 0 radical (unpaired) electrons. The summed E-state index contributed by atoms with van der Waals surface area (Å²) < 4.78 is 1.78. The molecule has 0 aliphatic carbocycles. The molecule has 1 aromatic heterocycles. The van der Waals surface area contributed by atoms with E-state index in [0.29, 0.717) is 12.1 Å². The number of aryl methyl sites for hydroxylation is 1. The highest BCUT2D eigenvalue weighted by molar-refractivity contribution is 6.02. The third-order valence-electron chi connectivity index (χ3n) is 5.18. The van der Waals surface area contributed by atoms with E-state index in [1.807, 2.05) is 19.1 Å². The van der Waals surface area contributed by atoms with Crippen molar-refractivity contribution in [3.63, 3.8) is 0 Å². The van der Waals surface area contributed by atoms with Gasteiger partial charge in [0.2, 0.25) is 5.91 Å². The van der Waals surface area contributed by atoms with E-state index in [9.17, 15) is 9.59 Å². The largest absolute Gasteiger partial charge is 0.371 e. The first-order valence-electron chi connectivity index (χ1n) is 8.98. The molecular formula is C18H22N6O2. The Balaban J connectivity index is 1.86. The van der Waals surface area contributed by atoms with Crippen LogP contribution in [0.5, 0.6) is 0 Å². The van der Waals surface area contributed by atoms with Crippen LogP contribution in [0.1, 0.15) is 53.8 Å².